The Morgan fingerprint density at radius 1 is 1.07 bits per heavy atom. The van der Waals surface area contributed by atoms with Crippen LogP contribution in [0.5, 0.6) is 5.75 Å². The van der Waals surface area contributed by atoms with E-state index in [0.717, 1.165) is 5.56 Å². The van der Waals surface area contributed by atoms with Gasteiger partial charge in [0.1, 0.15) is 11.6 Å². The van der Waals surface area contributed by atoms with Crippen molar-refractivity contribution in [3.63, 3.8) is 0 Å². The highest BCUT2D eigenvalue weighted by Crippen LogP contribution is 2.25. The Labute approximate surface area is 173 Å². The first-order chi connectivity index (χ1) is 12.7. The van der Waals surface area contributed by atoms with E-state index < -0.39 is 0 Å². The third-order valence-electron chi connectivity index (χ3n) is 4.46. The number of hydrogen-bond acceptors (Lipinski definition) is 3. The summed E-state index contributed by atoms with van der Waals surface area (Å²) in [6.45, 7) is 6.94. The quantitative estimate of drug-likeness (QED) is 0.740. The van der Waals surface area contributed by atoms with Crippen molar-refractivity contribution in [1.82, 2.24) is 10.2 Å². The van der Waals surface area contributed by atoms with Crippen LogP contribution in [-0.2, 0) is 10.2 Å². The van der Waals surface area contributed by atoms with Crippen molar-refractivity contribution in [2.75, 3.05) is 27.2 Å². The minimum absolute atomic E-state index is 0. The monoisotopic (exact) mass is 408 g/mol. The lowest BCUT2D eigenvalue weighted by molar-refractivity contribution is -0.123. The molecule has 0 fully saturated rings. The van der Waals surface area contributed by atoms with Gasteiger partial charge in [0.2, 0.25) is 0 Å². The number of nitrogens with zero attached hydrogens (tertiary/aromatic N) is 1. The summed E-state index contributed by atoms with van der Waals surface area (Å²) in [5.41, 5.74) is 2.53. The SMILES string of the molecule is CN(C)C(CNC(=O)COc1ccc(F)cc1)c1ccc(C(C)(C)C)cc1.Cl. The van der Waals surface area contributed by atoms with E-state index in [9.17, 15) is 9.18 Å². The number of amides is 1. The van der Waals surface area contributed by atoms with E-state index in [0.29, 0.717) is 12.3 Å². The molecular formula is C22H30ClFN2O2. The third kappa shape index (κ3) is 7.13. The first-order valence-electron chi connectivity index (χ1n) is 9.09. The Hall–Kier alpha value is -2.11. The van der Waals surface area contributed by atoms with E-state index >= 15 is 0 Å². The molecule has 2 aromatic rings. The van der Waals surface area contributed by atoms with Gasteiger partial charge in [0, 0.05) is 6.54 Å². The molecule has 1 atom stereocenters. The van der Waals surface area contributed by atoms with Crippen LogP contribution in [0, 0.1) is 5.82 Å². The molecule has 2 rings (SSSR count). The van der Waals surface area contributed by atoms with Crippen LogP contribution in [0.4, 0.5) is 4.39 Å². The first-order valence-corrected chi connectivity index (χ1v) is 9.09. The molecule has 0 aliphatic carbocycles. The number of halogens is 2. The second-order valence-corrected chi connectivity index (χ2v) is 7.90. The molecule has 0 saturated heterocycles. The highest BCUT2D eigenvalue weighted by molar-refractivity contribution is 5.85. The summed E-state index contributed by atoms with van der Waals surface area (Å²) in [5, 5.41) is 2.91. The van der Waals surface area contributed by atoms with E-state index in [1.54, 1.807) is 0 Å². The average Bonchev–Trinajstić information content (AvgIpc) is 2.61. The molecule has 4 nitrogen and oxygen atoms in total. The maximum atomic E-state index is 12.9. The van der Waals surface area contributed by atoms with Crippen LogP contribution < -0.4 is 10.1 Å². The summed E-state index contributed by atoms with van der Waals surface area (Å²) in [4.78, 5) is 14.2. The standard InChI is InChI=1S/C22H29FN2O2.ClH/c1-22(2,3)17-8-6-16(7-9-17)20(25(4)5)14-24-21(26)15-27-19-12-10-18(23)11-13-19;/h6-13,20H,14-15H2,1-5H3,(H,24,26);1H. The normalized spacial score (nSPS) is 12.2. The van der Waals surface area contributed by atoms with E-state index in [1.165, 1.54) is 29.8 Å². The van der Waals surface area contributed by atoms with Crippen LogP contribution in [0.2, 0.25) is 0 Å². The molecule has 0 heterocycles. The molecule has 0 aromatic heterocycles. The minimum Gasteiger partial charge on any atom is -0.484 e. The summed E-state index contributed by atoms with van der Waals surface area (Å²) >= 11 is 0. The van der Waals surface area contributed by atoms with Crippen molar-refractivity contribution in [2.45, 2.75) is 32.2 Å². The number of rotatable bonds is 7. The third-order valence-corrected chi connectivity index (χ3v) is 4.46. The van der Waals surface area contributed by atoms with Crippen LogP contribution in [0.15, 0.2) is 48.5 Å². The van der Waals surface area contributed by atoms with Gasteiger partial charge < -0.3 is 15.0 Å². The Morgan fingerprint density at radius 3 is 2.14 bits per heavy atom. The van der Waals surface area contributed by atoms with E-state index in [-0.39, 0.29) is 42.2 Å². The minimum atomic E-state index is -0.335. The van der Waals surface area contributed by atoms with Crippen molar-refractivity contribution in [3.05, 3.63) is 65.5 Å². The van der Waals surface area contributed by atoms with Gasteiger partial charge in [-0.05, 0) is 54.9 Å². The Balaban J connectivity index is 0.00000392. The molecule has 0 spiro atoms. The van der Waals surface area contributed by atoms with Crippen LogP contribution in [-0.4, -0.2) is 38.1 Å². The fraction of sp³-hybridized carbons (Fsp3) is 0.409. The number of hydrogen-bond donors (Lipinski definition) is 1. The maximum Gasteiger partial charge on any atom is 0.258 e. The number of benzene rings is 2. The van der Waals surface area contributed by atoms with Crippen molar-refractivity contribution >= 4 is 18.3 Å². The van der Waals surface area contributed by atoms with E-state index in [4.69, 9.17) is 4.74 Å². The fourth-order valence-electron chi connectivity index (χ4n) is 2.75. The second-order valence-electron chi connectivity index (χ2n) is 7.90. The van der Waals surface area contributed by atoms with Gasteiger partial charge in [-0.1, -0.05) is 45.0 Å². The molecule has 1 unspecified atom stereocenters. The zero-order valence-corrected chi connectivity index (χ0v) is 18.0. The molecule has 0 bridgehead atoms. The molecule has 28 heavy (non-hydrogen) atoms. The van der Waals surface area contributed by atoms with Crippen LogP contribution in [0.25, 0.3) is 0 Å². The van der Waals surface area contributed by atoms with Gasteiger partial charge >= 0.3 is 0 Å². The molecule has 1 amide bonds. The second kappa shape index (κ2) is 10.4. The zero-order valence-electron chi connectivity index (χ0n) is 17.2. The predicted octanol–water partition coefficient (Wildman–Crippen LogP) is 4.34. The van der Waals surface area contributed by atoms with Crippen LogP contribution in [0.1, 0.15) is 37.9 Å². The smallest absolute Gasteiger partial charge is 0.258 e. The molecular weight excluding hydrogens is 379 g/mol. The average molecular weight is 409 g/mol. The lowest BCUT2D eigenvalue weighted by Gasteiger charge is -2.26. The lowest BCUT2D eigenvalue weighted by atomic mass is 9.86. The Morgan fingerprint density at radius 2 is 1.64 bits per heavy atom. The van der Waals surface area contributed by atoms with Crippen molar-refractivity contribution in [1.29, 1.82) is 0 Å². The topological polar surface area (TPSA) is 41.6 Å². The molecule has 0 saturated carbocycles. The zero-order chi connectivity index (χ0) is 20.0. The molecule has 0 aliphatic heterocycles. The summed E-state index contributed by atoms with van der Waals surface area (Å²) in [7, 11) is 3.98. The maximum absolute atomic E-state index is 12.9. The van der Waals surface area contributed by atoms with Crippen molar-refractivity contribution in [2.24, 2.45) is 0 Å². The number of nitrogens with one attached hydrogen (secondary N) is 1. The number of ether oxygens (including phenoxy) is 1. The fourth-order valence-corrected chi connectivity index (χ4v) is 2.75. The van der Waals surface area contributed by atoms with Gasteiger partial charge in [0.05, 0.1) is 6.04 Å². The predicted molar refractivity (Wildman–Crippen MR) is 114 cm³/mol. The van der Waals surface area contributed by atoms with Crippen molar-refractivity contribution in [3.8, 4) is 5.75 Å². The largest absolute Gasteiger partial charge is 0.484 e. The van der Waals surface area contributed by atoms with Crippen molar-refractivity contribution < 1.29 is 13.9 Å². The van der Waals surface area contributed by atoms with E-state index in [1.807, 2.05) is 14.1 Å². The van der Waals surface area contributed by atoms with Gasteiger partial charge in [-0.15, -0.1) is 12.4 Å². The summed E-state index contributed by atoms with van der Waals surface area (Å²) in [6.07, 6.45) is 0. The van der Waals surface area contributed by atoms with Gasteiger partial charge in [-0.3, -0.25) is 4.79 Å². The number of carbonyl (C=O) groups is 1. The summed E-state index contributed by atoms with van der Waals surface area (Å²) < 4.78 is 18.3. The molecule has 1 N–H and O–H groups in total. The highest BCUT2D eigenvalue weighted by Gasteiger charge is 2.18. The number of likely N-dealkylation sites (N-methyl/N-ethyl adjacent to an activating group) is 1. The molecule has 154 valence electrons. The van der Waals surface area contributed by atoms with E-state index in [2.05, 4.69) is 55.3 Å². The van der Waals surface area contributed by atoms with Crippen LogP contribution in [0.3, 0.4) is 0 Å². The molecule has 2 aromatic carbocycles. The first kappa shape index (κ1) is 23.9. The van der Waals surface area contributed by atoms with Gasteiger partial charge in [-0.25, -0.2) is 4.39 Å². The molecule has 6 heteroatoms. The summed E-state index contributed by atoms with van der Waals surface area (Å²) in [5.74, 6) is -0.0796. The van der Waals surface area contributed by atoms with Gasteiger partial charge in [-0.2, -0.15) is 0 Å². The Bertz CT molecular complexity index is 741. The highest BCUT2D eigenvalue weighted by atomic mass is 35.5. The molecule has 0 radical (unpaired) electrons. The lowest BCUT2D eigenvalue weighted by Crippen LogP contribution is -2.36. The molecule has 0 aliphatic rings. The van der Waals surface area contributed by atoms with Gasteiger partial charge in [0.25, 0.3) is 5.91 Å². The van der Waals surface area contributed by atoms with Gasteiger partial charge in [0.15, 0.2) is 6.61 Å². The number of carbonyl (C=O) groups excluding carboxylic acids is 1. The Kier molecular flexibility index (Phi) is 8.92. The van der Waals surface area contributed by atoms with Crippen LogP contribution >= 0.6 is 12.4 Å². The summed E-state index contributed by atoms with van der Waals surface area (Å²) in [6, 6.07) is 14.2.